The molecule has 0 unspecified atom stereocenters. The minimum absolute atomic E-state index is 0.130. The lowest BCUT2D eigenvalue weighted by Gasteiger charge is -2.32. The number of benzene rings is 1. The summed E-state index contributed by atoms with van der Waals surface area (Å²) in [6.45, 7) is 3.63. The Labute approximate surface area is 137 Å². The van der Waals surface area contributed by atoms with Crippen molar-refractivity contribution in [2.24, 2.45) is 0 Å². The molecular weight excluding hydrogens is 288 g/mol. The predicted molar refractivity (Wildman–Crippen MR) is 91.9 cm³/mol. The van der Waals surface area contributed by atoms with Crippen LogP contribution in [0.15, 0.2) is 36.7 Å². The molecule has 5 nitrogen and oxygen atoms in total. The molecule has 2 aromatic rings. The average Bonchev–Trinajstić information content (AvgIpc) is 3.01. The van der Waals surface area contributed by atoms with E-state index in [0.717, 1.165) is 37.2 Å². The summed E-state index contributed by atoms with van der Waals surface area (Å²) in [6, 6.07) is 8.23. The van der Waals surface area contributed by atoms with Crippen LogP contribution in [0.5, 0.6) is 0 Å². The van der Waals surface area contributed by atoms with Crippen molar-refractivity contribution in [3.63, 3.8) is 0 Å². The number of piperidine rings is 1. The third-order valence-corrected chi connectivity index (χ3v) is 4.49. The summed E-state index contributed by atoms with van der Waals surface area (Å²) in [5, 5.41) is 4.40. The first-order valence-corrected chi connectivity index (χ1v) is 8.12. The Kier molecular flexibility index (Phi) is 4.37. The third kappa shape index (κ3) is 3.38. The van der Waals surface area contributed by atoms with Crippen molar-refractivity contribution in [1.82, 2.24) is 14.7 Å². The van der Waals surface area contributed by atoms with E-state index in [1.165, 1.54) is 5.56 Å². The SMILES string of the molecule is Cc1cnn(C2CCN(C(=O)c3ccc(N(C)C)cc3)CC2)c1. The Morgan fingerprint density at radius 3 is 2.35 bits per heavy atom. The molecule has 0 bridgehead atoms. The van der Waals surface area contributed by atoms with Gasteiger partial charge in [0.15, 0.2) is 0 Å². The van der Waals surface area contributed by atoms with Gasteiger partial charge in [0.05, 0.1) is 12.2 Å². The number of rotatable bonds is 3. The summed E-state index contributed by atoms with van der Waals surface area (Å²) >= 11 is 0. The molecule has 1 saturated heterocycles. The van der Waals surface area contributed by atoms with Crippen LogP contribution in [-0.2, 0) is 0 Å². The first-order valence-electron chi connectivity index (χ1n) is 8.12. The van der Waals surface area contributed by atoms with Crippen LogP contribution in [0.4, 0.5) is 5.69 Å². The maximum Gasteiger partial charge on any atom is 0.253 e. The van der Waals surface area contributed by atoms with Crippen molar-refractivity contribution in [3.05, 3.63) is 47.8 Å². The quantitative estimate of drug-likeness (QED) is 0.875. The van der Waals surface area contributed by atoms with E-state index < -0.39 is 0 Å². The van der Waals surface area contributed by atoms with Crippen molar-refractivity contribution in [1.29, 1.82) is 0 Å². The standard InChI is InChI=1S/C18H24N4O/c1-14-12-19-22(13-14)17-8-10-21(11-9-17)18(23)15-4-6-16(7-5-15)20(2)3/h4-7,12-13,17H,8-11H2,1-3H3. The van der Waals surface area contributed by atoms with Gasteiger partial charge < -0.3 is 9.80 Å². The number of carbonyl (C=O) groups is 1. The fraction of sp³-hybridized carbons (Fsp3) is 0.444. The molecule has 1 aliphatic rings. The summed E-state index contributed by atoms with van der Waals surface area (Å²) < 4.78 is 2.04. The Bertz CT molecular complexity index is 667. The second-order valence-electron chi connectivity index (χ2n) is 6.46. The van der Waals surface area contributed by atoms with Crippen molar-refractivity contribution in [3.8, 4) is 0 Å². The summed E-state index contributed by atoms with van der Waals surface area (Å²) in [7, 11) is 4.00. The van der Waals surface area contributed by atoms with Crippen LogP contribution in [0.2, 0.25) is 0 Å². The fourth-order valence-electron chi connectivity index (χ4n) is 3.05. The van der Waals surface area contributed by atoms with E-state index in [-0.39, 0.29) is 5.91 Å². The van der Waals surface area contributed by atoms with Gasteiger partial charge >= 0.3 is 0 Å². The van der Waals surface area contributed by atoms with Gasteiger partial charge in [-0.25, -0.2) is 0 Å². The minimum Gasteiger partial charge on any atom is -0.378 e. The molecule has 0 spiro atoms. The Balaban J connectivity index is 1.61. The molecule has 0 aliphatic carbocycles. The van der Waals surface area contributed by atoms with Gasteiger partial charge in [-0.2, -0.15) is 5.10 Å². The summed E-state index contributed by atoms with van der Waals surface area (Å²) in [6.07, 6.45) is 5.90. The van der Waals surface area contributed by atoms with Gasteiger partial charge in [0, 0.05) is 44.6 Å². The maximum atomic E-state index is 12.6. The van der Waals surface area contributed by atoms with Gasteiger partial charge in [-0.1, -0.05) is 0 Å². The summed E-state index contributed by atoms with van der Waals surface area (Å²) in [5.74, 6) is 0.130. The molecular formula is C18H24N4O. The van der Waals surface area contributed by atoms with E-state index in [2.05, 4.69) is 18.2 Å². The summed E-state index contributed by atoms with van der Waals surface area (Å²) in [5.41, 5.74) is 3.06. The highest BCUT2D eigenvalue weighted by Crippen LogP contribution is 2.23. The molecule has 1 aliphatic heterocycles. The molecule has 3 rings (SSSR count). The van der Waals surface area contributed by atoms with Gasteiger partial charge in [-0.05, 0) is 49.6 Å². The van der Waals surface area contributed by atoms with E-state index in [0.29, 0.717) is 6.04 Å². The highest BCUT2D eigenvalue weighted by atomic mass is 16.2. The van der Waals surface area contributed by atoms with Crippen LogP contribution in [0.3, 0.4) is 0 Å². The molecule has 0 N–H and O–H groups in total. The number of anilines is 1. The molecule has 1 aromatic heterocycles. The molecule has 1 amide bonds. The lowest BCUT2D eigenvalue weighted by molar-refractivity contribution is 0.0690. The van der Waals surface area contributed by atoms with Gasteiger partial charge in [0.25, 0.3) is 5.91 Å². The van der Waals surface area contributed by atoms with E-state index in [1.54, 1.807) is 0 Å². The van der Waals surface area contributed by atoms with Crippen LogP contribution < -0.4 is 4.90 Å². The molecule has 23 heavy (non-hydrogen) atoms. The second-order valence-corrected chi connectivity index (χ2v) is 6.46. The predicted octanol–water partition coefficient (Wildman–Crippen LogP) is 2.73. The van der Waals surface area contributed by atoms with E-state index in [4.69, 9.17) is 0 Å². The Morgan fingerprint density at radius 1 is 1.17 bits per heavy atom. The highest BCUT2D eigenvalue weighted by Gasteiger charge is 2.24. The average molecular weight is 312 g/mol. The van der Waals surface area contributed by atoms with Gasteiger partial charge in [0.2, 0.25) is 0 Å². The molecule has 1 fully saturated rings. The molecule has 0 saturated carbocycles. The number of hydrogen-bond donors (Lipinski definition) is 0. The van der Waals surface area contributed by atoms with E-state index >= 15 is 0 Å². The number of aryl methyl sites for hydroxylation is 1. The Morgan fingerprint density at radius 2 is 1.83 bits per heavy atom. The molecule has 0 radical (unpaired) electrons. The fourth-order valence-corrected chi connectivity index (χ4v) is 3.05. The molecule has 2 heterocycles. The monoisotopic (exact) mass is 312 g/mol. The summed E-state index contributed by atoms with van der Waals surface area (Å²) in [4.78, 5) is 16.6. The van der Waals surface area contributed by atoms with E-state index in [9.17, 15) is 4.79 Å². The lowest BCUT2D eigenvalue weighted by Crippen LogP contribution is -2.39. The van der Waals surface area contributed by atoms with Gasteiger partial charge in [-0.15, -0.1) is 0 Å². The zero-order valence-electron chi connectivity index (χ0n) is 14.1. The van der Waals surface area contributed by atoms with Crippen LogP contribution in [0.25, 0.3) is 0 Å². The smallest absolute Gasteiger partial charge is 0.253 e. The highest BCUT2D eigenvalue weighted by molar-refractivity contribution is 5.94. The minimum atomic E-state index is 0.130. The molecule has 1 aromatic carbocycles. The third-order valence-electron chi connectivity index (χ3n) is 4.49. The number of hydrogen-bond acceptors (Lipinski definition) is 3. The lowest BCUT2D eigenvalue weighted by atomic mass is 10.0. The van der Waals surface area contributed by atoms with Crippen LogP contribution in [0, 0.1) is 6.92 Å². The Hall–Kier alpha value is -2.30. The van der Waals surface area contributed by atoms with Crippen LogP contribution in [-0.4, -0.2) is 47.8 Å². The zero-order chi connectivity index (χ0) is 16.4. The number of likely N-dealkylation sites (tertiary alicyclic amines) is 1. The van der Waals surface area contributed by atoms with Crippen molar-refractivity contribution >= 4 is 11.6 Å². The zero-order valence-corrected chi connectivity index (χ0v) is 14.1. The normalized spacial score (nSPS) is 15.7. The molecule has 5 heteroatoms. The first kappa shape index (κ1) is 15.6. The number of carbonyl (C=O) groups excluding carboxylic acids is 1. The second kappa shape index (κ2) is 6.44. The maximum absolute atomic E-state index is 12.6. The molecule has 122 valence electrons. The van der Waals surface area contributed by atoms with Crippen molar-refractivity contribution < 1.29 is 4.79 Å². The first-order chi connectivity index (χ1) is 11.0. The topological polar surface area (TPSA) is 41.4 Å². The van der Waals surface area contributed by atoms with Gasteiger partial charge in [-0.3, -0.25) is 9.48 Å². The molecule has 0 atom stereocenters. The number of aromatic nitrogens is 2. The number of nitrogens with zero attached hydrogens (tertiary/aromatic N) is 4. The van der Waals surface area contributed by atoms with Crippen molar-refractivity contribution in [2.45, 2.75) is 25.8 Å². The van der Waals surface area contributed by atoms with E-state index in [1.807, 2.05) is 59.0 Å². The van der Waals surface area contributed by atoms with Crippen LogP contribution >= 0.6 is 0 Å². The largest absolute Gasteiger partial charge is 0.378 e. The number of amides is 1. The van der Waals surface area contributed by atoms with Gasteiger partial charge in [0.1, 0.15) is 0 Å². The van der Waals surface area contributed by atoms with Crippen molar-refractivity contribution in [2.75, 3.05) is 32.1 Å². The van der Waals surface area contributed by atoms with Crippen LogP contribution in [0.1, 0.15) is 34.8 Å².